The summed E-state index contributed by atoms with van der Waals surface area (Å²) in [6.07, 6.45) is 2.14. The number of nitrogens with one attached hydrogen (secondary N) is 1. The van der Waals surface area contributed by atoms with Crippen LogP contribution in [0.5, 0.6) is 0 Å². The number of thiophene rings is 1. The summed E-state index contributed by atoms with van der Waals surface area (Å²) < 4.78 is 27.2. The molecule has 11 heteroatoms. The fourth-order valence-electron chi connectivity index (χ4n) is 3.91. The van der Waals surface area contributed by atoms with Crippen LogP contribution >= 0.6 is 11.3 Å². The average molecular weight is 507 g/mol. The largest absolute Gasteiger partial charge is 0.365 e. The summed E-state index contributed by atoms with van der Waals surface area (Å²) in [4.78, 5) is 39.4. The van der Waals surface area contributed by atoms with E-state index < -0.39 is 21.8 Å². The Morgan fingerprint density at radius 3 is 2.41 bits per heavy atom. The van der Waals surface area contributed by atoms with Crippen LogP contribution in [0.4, 0.5) is 5.00 Å². The van der Waals surface area contributed by atoms with E-state index in [4.69, 9.17) is 5.73 Å². The molecule has 1 aliphatic heterocycles. The monoisotopic (exact) mass is 506 g/mol. The van der Waals surface area contributed by atoms with Gasteiger partial charge in [0.2, 0.25) is 15.9 Å². The summed E-state index contributed by atoms with van der Waals surface area (Å²) in [6, 6.07) is 5.73. The van der Waals surface area contributed by atoms with Crippen LogP contribution in [0.25, 0.3) is 0 Å². The van der Waals surface area contributed by atoms with Gasteiger partial charge in [0, 0.05) is 37.0 Å². The zero-order chi connectivity index (χ0) is 25.0. The molecular weight excluding hydrogens is 476 g/mol. The molecule has 0 bridgehead atoms. The van der Waals surface area contributed by atoms with E-state index in [0.717, 1.165) is 23.3 Å². The molecule has 1 aromatic carbocycles. The van der Waals surface area contributed by atoms with Gasteiger partial charge in [0.05, 0.1) is 17.0 Å². The Kier molecular flexibility index (Phi) is 8.11. The third kappa shape index (κ3) is 5.31. The Morgan fingerprint density at radius 2 is 1.85 bits per heavy atom. The second kappa shape index (κ2) is 10.7. The van der Waals surface area contributed by atoms with Crippen LogP contribution in [0.15, 0.2) is 29.2 Å². The van der Waals surface area contributed by atoms with Crippen molar-refractivity contribution in [3.05, 3.63) is 45.8 Å². The molecule has 0 aliphatic carbocycles. The number of rotatable bonds is 9. The fraction of sp³-hybridized carbons (Fsp3) is 0.435. The average Bonchev–Trinajstić information content (AvgIpc) is 3.16. The number of sulfonamides is 1. The van der Waals surface area contributed by atoms with Crippen molar-refractivity contribution in [2.75, 3.05) is 25.0 Å². The van der Waals surface area contributed by atoms with Crippen LogP contribution in [-0.4, -0.2) is 55.0 Å². The highest BCUT2D eigenvalue weighted by Gasteiger charge is 2.29. The maximum atomic E-state index is 12.9. The number of carbonyl (C=O) groups is 3. The molecule has 3 rings (SSSR count). The van der Waals surface area contributed by atoms with E-state index in [1.807, 2.05) is 6.92 Å². The predicted octanol–water partition coefficient (Wildman–Crippen LogP) is 2.81. The molecule has 0 atom stereocenters. The van der Waals surface area contributed by atoms with Crippen molar-refractivity contribution in [2.24, 2.45) is 5.73 Å². The predicted molar refractivity (Wildman–Crippen MR) is 131 cm³/mol. The van der Waals surface area contributed by atoms with E-state index in [0.29, 0.717) is 37.6 Å². The van der Waals surface area contributed by atoms with Crippen LogP contribution in [0, 0.1) is 0 Å². The van der Waals surface area contributed by atoms with Gasteiger partial charge in [-0.1, -0.05) is 20.3 Å². The van der Waals surface area contributed by atoms with E-state index in [1.54, 1.807) is 11.8 Å². The first-order valence-corrected chi connectivity index (χ1v) is 13.5. The van der Waals surface area contributed by atoms with Gasteiger partial charge in [-0.25, -0.2) is 8.42 Å². The molecular formula is C23H30N4O5S2. The number of hydrogen-bond acceptors (Lipinski definition) is 6. The number of unbranched alkanes of at least 4 members (excludes halogenated alkanes) is 1. The molecule has 2 heterocycles. The first-order valence-electron chi connectivity index (χ1n) is 11.2. The van der Waals surface area contributed by atoms with Gasteiger partial charge in [-0.15, -0.1) is 11.3 Å². The van der Waals surface area contributed by atoms with Gasteiger partial charge in [0.15, 0.2) is 0 Å². The number of hydrogen-bond donors (Lipinski definition) is 2. The van der Waals surface area contributed by atoms with Crippen molar-refractivity contribution < 1.29 is 22.8 Å². The molecule has 0 fully saturated rings. The van der Waals surface area contributed by atoms with Crippen LogP contribution in [0.1, 0.15) is 64.8 Å². The second-order valence-corrected chi connectivity index (χ2v) is 11.1. The first kappa shape index (κ1) is 25.9. The molecule has 0 saturated carbocycles. The zero-order valence-corrected chi connectivity index (χ0v) is 21.2. The number of nitrogens with two attached hydrogens (primary N) is 1. The summed E-state index contributed by atoms with van der Waals surface area (Å²) in [6.45, 7) is 6.94. The summed E-state index contributed by atoms with van der Waals surface area (Å²) in [5.74, 6) is -1.18. The van der Waals surface area contributed by atoms with Crippen molar-refractivity contribution in [1.29, 1.82) is 0 Å². The summed E-state index contributed by atoms with van der Waals surface area (Å²) in [5, 5.41) is 3.08. The lowest BCUT2D eigenvalue weighted by Crippen LogP contribution is -2.34. The molecule has 3 N–H and O–H groups in total. The van der Waals surface area contributed by atoms with Gasteiger partial charge < -0.3 is 16.0 Å². The van der Waals surface area contributed by atoms with Gasteiger partial charge in [-0.3, -0.25) is 14.4 Å². The molecule has 0 saturated heterocycles. The number of carbonyl (C=O) groups excluding carboxylic acids is 3. The highest BCUT2D eigenvalue weighted by molar-refractivity contribution is 7.89. The Morgan fingerprint density at radius 1 is 1.18 bits per heavy atom. The second-order valence-electron chi connectivity index (χ2n) is 8.09. The SMILES string of the molecule is CCCCN(CC)S(=O)(=O)c1ccc(C(=O)Nc2sc3c(c2C(N)=O)CCN(C(C)=O)C3)cc1. The van der Waals surface area contributed by atoms with E-state index in [-0.39, 0.29) is 21.9 Å². The quantitative estimate of drug-likeness (QED) is 0.540. The van der Waals surface area contributed by atoms with Crippen LogP contribution in [0.3, 0.4) is 0 Å². The third-order valence-corrected chi connectivity index (χ3v) is 8.96. The smallest absolute Gasteiger partial charge is 0.256 e. The van der Waals surface area contributed by atoms with Gasteiger partial charge in [-0.05, 0) is 42.7 Å². The van der Waals surface area contributed by atoms with Crippen LogP contribution < -0.4 is 11.1 Å². The maximum Gasteiger partial charge on any atom is 0.256 e. The fourth-order valence-corrected chi connectivity index (χ4v) is 6.66. The third-order valence-electron chi connectivity index (χ3n) is 5.84. The summed E-state index contributed by atoms with van der Waals surface area (Å²) in [7, 11) is -3.65. The lowest BCUT2D eigenvalue weighted by molar-refractivity contribution is -0.129. The highest BCUT2D eigenvalue weighted by Crippen LogP contribution is 2.37. The van der Waals surface area contributed by atoms with E-state index in [9.17, 15) is 22.8 Å². The molecule has 0 spiro atoms. The number of amides is 3. The van der Waals surface area contributed by atoms with Crippen molar-refractivity contribution in [3.8, 4) is 0 Å². The molecule has 2 aromatic rings. The molecule has 3 amide bonds. The molecule has 184 valence electrons. The Hall–Kier alpha value is -2.76. The summed E-state index contributed by atoms with van der Waals surface area (Å²) >= 11 is 1.23. The first-order chi connectivity index (χ1) is 16.1. The van der Waals surface area contributed by atoms with E-state index in [1.165, 1.54) is 46.8 Å². The molecule has 0 radical (unpaired) electrons. The van der Waals surface area contributed by atoms with Crippen LogP contribution in [0.2, 0.25) is 0 Å². The normalized spacial score (nSPS) is 13.6. The zero-order valence-electron chi connectivity index (χ0n) is 19.6. The maximum absolute atomic E-state index is 12.9. The Balaban J connectivity index is 1.82. The molecule has 9 nitrogen and oxygen atoms in total. The summed E-state index contributed by atoms with van der Waals surface area (Å²) in [5.41, 5.74) is 6.88. The minimum absolute atomic E-state index is 0.0587. The standard InChI is InChI=1S/C23H30N4O5S2/c1-4-6-12-27(5-2)34(31,32)17-9-7-16(8-10-17)22(30)25-23-20(21(24)29)18-11-13-26(15(3)28)14-19(18)33-23/h7-10H,4-6,11-14H2,1-3H3,(H2,24,29)(H,25,30). The number of nitrogens with zero attached hydrogens (tertiary/aromatic N) is 2. The lowest BCUT2D eigenvalue weighted by atomic mass is 10.0. The van der Waals surface area contributed by atoms with E-state index >= 15 is 0 Å². The van der Waals surface area contributed by atoms with Gasteiger partial charge in [0.1, 0.15) is 5.00 Å². The topological polar surface area (TPSA) is 130 Å². The van der Waals surface area contributed by atoms with Crippen molar-refractivity contribution >= 4 is 44.1 Å². The number of primary amides is 1. The van der Waals surface area contributed by atoms with Crippen molar-refractivity contribution in [1.82, 2.24) is 9.21 Å². The van der Waals surface area contributed by atoms with Gasteiger partial charge >= 0.3 is 0 Å². The molecule has 1 aromatic heterocycles. The minimum Gasteiger partial charge on any atom is -0.365 e. The van der Waals surface area contributed by atoms with Gasteiger partial charge in [-0.2, -0.15) is 4.31 Å². The Labute approximate surface area is 204 Å². The minimum atomic E-state index is -3.65. The van der Waals surface area contributed by atoms with E-state index in [2.05, 4.69) is 5.32 Å². The van der Waals surface area contributed by atoms with Crippen molar-refractivity contribution in [2.45, 2.75) is 51.5 Å². The van der Waals surface area contributed by atoms with Gasteiger partial charge in [0.25, 0.3) is 11.8 Å². The number of anilines is 1. The number of fused-ring (bicyclic) bond motifs is 1. The van der Waals surface area contributed by atoms with Crippen molar-refractivity contribution in [3.63, 3.8) is 0 Å². The highest BCUT2D eigenvalue weighted by atomic mass is 32.2. The lowest BCUT2D eigenvalue weighted by Gasteiger charge is -2.25. The molecule has 0 unspecified atom stereocenters. The molecule has 1 aliphatic rings. The van der Waals surface area contributed by atoms with Crippen LogP contribution in [-0.2, 0) is 27.8 Å². The Bertz CT molecular complexity index is 1190. The number of benzene rings is 1. The molecule has 34 heavy (non-hydrogen) atoms.